The van der Waals surface area contributed by atoms with Crippen molar-refractivity contribution in [3.63, 3.8) is 0 Å². The maximum absolute atomic E-state index is 12.4. The van der Waals surface area contributed by atoms with Gasteiger partial charge in [-0.05, 0) is 30.5 Å². The molecule has 1 aromatic rings. The van der Waals surface area contributed by atoms with Gasteiger partial charge in [-0.2, -0.15) is 4.31 Å². The zero-order valence-corrected chi connectivity index (χ0v) is 11.7. The number of hydrogen-bond acceptors (Lipinski definition) is 4. The second-order valence-electron chi connectivity index (χ2n) is 4.59. The van der Waals surface area contributed by atoms with E-state index in [0.29, 0.717) is 18.7 Å². The molecule has 20 heavy (non-hydrogen) atoms. The highest BCUT2D eigenvalue weighted by atomic mass is 32.2. The standard InChI is InChI=1S/C13H16N2O4S/c16-13(17)5-4-11-8-12(10-14-9-11)20(18,19)15-6-2-1-3-7-15/h4-5,8-10H,1-3,6-7H2,(H,16,17). The lowest BCUT2D eigenvalue weighted by molar-refractivity contribution is -0.131. The lowest BCUT2D eigenvalue weighted by Crippen LogP contribution is -2.35. The number of aromatic nitrogens is 1. The minimum absolute atomic E-state index is 0.104. The molecule has 0 amide bonds. The van der Waals surface area contributed by atoms with E-state index in [4.69, 9.17) is 5.11 Å². The highest BCUT2D eigenvalue weighted by Gasteiger charge is 2.26. The van der Waals surface area contributed by atoms with Crippen LogP contribution in [-0.4, -0.2) is 41.9 Å². The monoisotopic (exact) mass is 296 g/mol. The second-order valence-corrected chi connectivity index (χ2v) is 6.53. The number of carboxylic acids is 1. The number of carboxylic acid groups (broad SMARTS) is 1. The average molecular weight is 296 g/mol. The van der Waals surface area contributed by atoms with Crippen LogP contribution in [0, 0.1) is 0 Å². The van der Waals surface area contributed by atoms with Gasteiger partial charge in [0.15, 0.2) is 0 Å². The fourth-order valence-electron chi connectivity index (χ4n) is 2.09. The first-order valence-corrected chi connectivity index (χ1v) is 7.80. The third kappa shape index (κ3) is 3.43. The normalized spacial score (nSPS) is 17.4. The van der Waals surface area contributed by atoms with Gasteiger partial charge in [-0.3, -0.25) is 4.98 Å². The van der Waals surface area contributed by atoms with Crippen LogP contribution in [0.5, 0.6) is 0 Å². The third-order valence-corrected chi connectivity index (χ3v) is 4.97. The predicted octanol–water partition coefficient (Wildman–Crippen LogP) is 1.35. The van der Waals surface area contributed by atoms with Gasteiger partial charge >= 0.3 is 5.97 Å². The Morgan fingerprint density at radius 3 is 2.60 bits per heavy atom. The lowest BCUT2D eigenvalue weighted by Gasteiger charge is -2.25. The van der Waals surface area contributed by atoms with Gasteiger partial charge in [0, 0.05) is 31.6 Å². The largest absolute Gasteiger partial charge is 0.478 e. The molecule has 0 unspecified atom stereocenters. The van der Waals surface area contributed by atoms with E-state index in [1.807, 2.05) is 0 Å². The molecule has 0 aromatic carbocycles. The number of hydrogen-bond donors (Lipinski definition) is 1. The van der Waals surface area contributed by atoms with Crippen molar-refractivity contribution in [2.75, 3.05) is 13.1 Å². The Hall–Kier alpha value is -1.73. The van der Waals surface area contributed by atoms with Crippen LogP contribution in [0.25, 0.3) is 6.08 Å². The fraction of sp³-hybridized carbons (Fsp3) is 0.385. The van der Waals surface area contributed by atoms with E-state index in [2.05, 4.69) is 4.98 Å². The summed E-state index contributed by atoms with van der Waals surface area (Å²) in [5.41, 5.74) is 0.450. The summed E-state index contributed by atoms with van der Waals surface area (Å²) in [6.07, 6.45) is 7.78. The number of pyridine rings is 1. The summed E-state index contributed by atoms with van der Waals surface area (Å²) in [5, 5.41) is 8.57. The summed E-state index contributed by atoms with van der Waals surface area (Å²) in [5.74, 6) is -1.09. The molecule has 6 nitrogen and oxygen atoms in total. The molecular weight excluding hydrogens is 280 g/mol. The maximum atomic E-state index is 12.4. The summed E-state index contributed by atoms with van der Waals surface area (Å²) >= 11 is 0. The summed E-state index contributed by atoms with van der Waals surface area (Å²) in [6.45, 7) is 1.05. The van der Waals surface area contributed by atoms with E-state index in [-0.39, 0.29) is 4.90 Å². The number of rotatable bonds is 4. The molecule has 1 fully saturated rings. The molecule has 0 atom stereocenters. The highest BCUT2D eigenvalue weighted by Crippen LogP contribution is 2.20. The van der Waals surface area contributed by atoms with Gasteiger partial charge in [0.25, 0.3) is 0 Å². The van der Waals surface area contributed by atoms with E-state index < -0.39 is 16.0 Å². The molecule has 1 aliphatic rings. The van der Waals surface area contributed by atoms with E-state index in [1.165, 1.54) is 28.8 Å². The van der Waals surface area contributed by atoms with Gasteiger partial charge in [0.05, 0.1) is 0 Å². The highest BCUT2D eigenvalue weighted by molar-refractivity contribution is 7.89. The van der Waals surface area contributed by atoms with Gasteiger partial charge < -0.3 is 5.11 Å². The number of carbonyl (C=O) groups is 1. The van der Waals surface area contributed by atoms with E-state index in [9.17, 15) is 13.2 Å². The molecule has 1 aromatic heterocycles. The van der Waals surface area contributed by atoms with Crippen molar-refractivity contribution in [2.45, 2.75) is 24.2 Å². The molecule has 0 saturated carbocycles. The Kier molecular flexibility index (Phi) is 4.51. The first-order chi connectivity index (χ1) is 9.50. The SMILES string of the molecule is O=C(O)C=Cc1cncc(S(=O)(=O)N2CCCCC2)c1. The van der Waals surface area contributed by atoms with Crippen molar-refractivity contribution >= 4 is 22.1 Å². The summed E-state index contributed by atoms with van der Waals surface area (Å²) in [7, 11) is -3.53. The van der Waals surface area contributed by atoms with Gasteiger partial charge in [-0.15, -0.1) is 0 Å². The van der Waals surface area contributed by atoms with Crippen molar-refractivity contribution in [1.29, 1.82) is 0 Å². The zero-order chi connectivity index (χ0) is 14.6. The van der Waals surface area contributed by atoms with Crippen LogP contribution in [0.4, 0.5) is 0 Å². The number of piperidine rings is 1. The van der Waals surface area contributed by atoms with Gasteiger partial charge in [0.2, 0.25) is 10.0 Å². The number of sulfonamides is 1. The molecule has 2 rings (SSSR count). The minimum Gasteiger partial charge on any atom is -0.478 e. The van der Waals surface area contributed by atoms with Crippen LogP contribution in [0.3, 0.4) is 0 Å². The van der Waals surface area contributed by atoms with Gasteiger partial charge in [-0.25, -0.2) is 13.2 Å². The van der Waals surface area contributed by atoms with Crippen molar-refractivity contribution in [3.8, 4) is 0 Å². The van der Waals surface area contributed by atoms with Crippen molar-refractivity contribution in [2.24, 2.45) is 0 Å². The molecule has 108 valence electrons. The first-order valence-electron chi connectivity index (χ1n) is 6.36. The Morgan fingerprint density at radius 1 is 1.25 bits per heavy atom. The van der Waals surface area contributed by atoms with Crippen molar-refractivity contribution in [1.82, 2.24) is 9.29 Å². The minimum atomic E-state index is -3.53. The molecule has 1 aliphatic heterocycles. The molecule has 2 heterocycles. The Bertz CT molecular complexity index is 619. The van der Waals surface area contributed by atoms with Crippen LogP contribution in [0.1, 0.15) is 24.8 Å². The molecule has 0 radical (unpaired) electrons. The van der Waals surface area contributed by atoms with Crippen LogP contribution in [0.15, 0.2) is 29.4 Å². The molecule has 1 saturated heterocycles. The van der Waals surface area contributed by atoms with Crippen LogP contribution < -0.4 is 0 Å². The molecule has 0 spiro atoms. The summed E-state index contributed by atoms with van der Waals surface area (Å²) in [6, 6.07) is 1.44. The molecule has 1 N–H and O–H groups in total. The summed E-state index contributed by atoms with van der Waals surface area (Å²) < 4.78 is 26.3. The molecule has 0 bridgehead atoms. The van der Waals surface area contributed by atoms with Crippen molar-refractivity contribution in [3.05, 3.63) is 30.1 Å². The smallest absolute Gasteiger partial charge is 0.328 e. The summed E-state index contributed by atoms with van der Waals surface area (Å²) in [4.78, 5) is 14.4. The van der Waals surface area contributed by atoms with Gasteiger partial charge in [0.1, 0.15) is 4.90 Å². The van der Waals surface area contributed by atoms with Crippen LogP contribution in [-0.2, 0) is 14.8 Å². The lowest BCUT2D eigenvalue weighted by atomic mass is 10.2. The molecular formula is C13H16N2O4S. The number of nitrogens with zero attached hydrogens (tertiary/aromatic N) is 2. The average Bonchev–Trinajstić information content (AvgIpc) is 2.46. The first kappa shape index (κ1) is 14.7. The maximum Gasteiger partial charge on any atom is 0.328 e. The van der Waals surface area contributed by atoms with E-state index in [0.717, 1.165) is 25.3 Å². The van der Waals surface area contributed by atoms with Crippen molar-refractivity contribution < 1.29 is 18.3 Å². The second kappa shape index (κ2) is 6.15. The fourth-order valence-corrected chi connectivity index (χ4v) is 3.61. The topological polar surface area (TPSA) is 87.6 Å². The molecule has 7 heteroatoms. The number of aliphatic carboxylic acids is 1. The van der Waals surface area contributed by atoms with Gasteiger partial charge in [-0.1, -0.05) is 6.42 Å². The quantitative estimate of drug-likeness (QED) is 0.847. The third-order valence-electron chi connectivity index (χ3n) is 3.11. The van der Waals surface area contributed by atoms with E-state index >= 15 is 0 Å². The Labute approximate surface area is 117 Å². The zero-order valence-electron chi connectivity index (χ0n) is 10.9. The van der Waals surface area contributed by atoms with E-state index in [1.54, 1.807) is 0 Å². The predicted molar refractivity (Wildman–Crippen MR) is 73.5 cm³/mol. The Balaban J connectivity index is 2.27. The van der Waals surface area contributed by atoms with Crippen LogP contribution in [0.2, 0.25) is 0 Å². The Morgan fingerprint density at radius 2 is 1.95 bits per heavy atom. The molecule has 0 aliphatic carbocycles. The van der Waals surface area contributed by atoms with Crippen LogP contribution >= 0.6 is 0 Å².